The molecular weight excluding hydrogens is 381 g/mol. The zero-order valence-corrected chi connectivity index (χ0v) is 15.8. The predicted octanol–water partition coefficient (Wildman–Crippen LogP) is 7.81. The molecule has 0 aromatic heterocycles. The third-order valence-corrected chi connectivity index (χ3v) is 5.27. The molecule has 140 valence electrons. The number of aryl methyl sites for hydroxylation is 1. The van der Waals surface area contributed by atoms with E-state index in [1.807, 2.05) is 18.2 Å². The minimum Gasteiger partial charge on any atom is -0.206 e. The largest absolute Gasteiger partial charge is 0.206 e. The molecule has 0 saturated heterocycles. The van der Waals surface area contributed by atoms with Crippen molar-refractivity contribution in [2.75, 3.05) is 0 Å². The number of hydrogen-bond donors (Lipinski definition) is 0. The molecule has 0 amide bonds. The Bertz CT molecular complexity index is 1170. The van der Waals surface area contributed by atoms with Gasteiger partial charge in [0.2, 0.25) is 0 Å². The Morgan fingerprint density at radius 2 is 1.21 bits per heavy atom. The van der Waals surface area contributed by atoms with E-state index in [0.29, 0.717) is 5.56 Å². The Hall–Kier alpha value is -2.78. The van der Waals surface area contributed by atoms with Crippen LogP contribution in [-0.2, 0) is 6.42 Å². The molecule has 0 atom stereocenters. The molecule has 0 radical (unpaired) electrons. The molecule has 0 bridgehead atoms. The molecule has 0 spiro atoms. The summed E-state index contributed by atoms with van der Waals surface area (Å²) in [5.41, 5.74) is 3.05. The quantitative estimate of drug-likeness (QED) is 0.310. The van der Waals surface area contributed by atoms with E-state index < -0.39 is 22.5 Å². The van der Waals surface area contributed by atoms with Gasteiger partial charge in [-0.25, -0.2) is 13.2 Å². The van der Waals surface area contributed by atoms with Gasteiger partial charge in [0.05, 0.1) is 0 Å². The number of rotatable bonds is 3. The van der Waals surface area contributed by atoms with Crippen molar-refractivity contribution in [2.45, 2.75) is 13.3 Å². The summed E-state index contributed by atoms with van der Waals surface area (Å²) in [6, 6.07) is 19.0. The van der Waals surface area contributed by atoms with E-state index in [2.05, 4.69) is 25.1 Å². The lowest BCUT2D eigenvalue weighted by molar-refractivity contribution is 0.584. The van der Waals surface area contributed by atoms with Crippen LogP contribution in [0, 0.1) is 17.5 Å². The highest BCUT2D eigenvalue weighted by atomic mass is 35.5. The van der Waals surface area contributed by atoms with Crippen molar-refractivity contribution in [2.24, 2.45) is 0 Å². The normalized spacial score (nSPS) is 11.2. The molecule has 0 aliphatic carbocycles. The predicted molar refractivity (Wildman–Crippen MR) is 109 cm³/mol. The van der Waals surface area contributed by atoms with Crippen molar-refractivity contribution in [3.05, 3.63) is 94.8 Å². The number of fused-ring (bicyclic) bond motifs is 1. The fraction of sp³-hybridized carbons (Fsp3) is 0.0833. The van der Waals surface area contributed by atoms with Gasteiger partial charge in [-0.2, -0.15) is 0 Å². The number of halogens is 4. The summed E-state index contributed by atoms with van der Waals surface area (Å²) in [6.45, 7) is 2.11. The zero-order chi connectivity index (χ0) is 19.8. The van der Waals surface area contributed by atoms with E-state index in [0.717, 1.165) is 34.9 Å². The van der Waals surface area contributed by atoms with Gasteiger partial charge in [0.15, 0.2) is 0 Å². The molecule has 4 aromatic rings. The van der Waals surface area contributed by atoms with Gasteiger partial charge >= 0.3 is 0 Å². The fourth-order valence-electron chi connectivity index (χ4n) is 3.33. The van der Waals surface area contributed by atoms with Crippen LogP contribution in [0.2, 0.25) is 5.02 Å². The molecule has 0 heterocycles. The second-order valence-corrected chi connectivity index (χ2v) is 7.08. The van der Waals surface area contributed by atoms with Gasteiger partial charge in [-0.1, -0.05) is 61.0 Å². The lowest BCUT2D eigenvalue weighted by atomic mass is 9.97. The highest BCUT2D eigenvalue weighted by Crippen LogP contribution is 2.32. The first-order valence-electron chi connectivity index (χ1n) is 8.94. The maximum Gasteiger partial charge on any atom is 0.145 e. The first-order chi connectivity index (χ1) is 13.5. The van der Waals surface area contributed by atoms with Crippen molar-refractivity contribution >= 4 is 22.4 Å². The van der Waals surface area contributed by atoms with Crippen molar-refractivity contribution < 1.29 is 13.2 Å². The van der Waals surface area contributed by atoms with Gasteiger partial charge in [-0.3, -0.25) is 0 Å². The Balaban J connectivity index is 1.74. The van der Waals surface area contributed by atoms with Crippen LogP contribution in [0.25, 0.3) is 33.0 Å². The average molecular weight is 397 g/mol. The second-order valence-electron chi connectivity index (χ2n) is 6.70. The molecule has 4 heteroatoms. The molecule has 0 N–H and O–H groups in total. The number of hydrogen-bond acceptors (Lipinski definition) is 0. The highest BCUT2D eigenvalue weighted by Gasteiger charge is 2.13. The maximum absolute atomic E-state index is 14.7. The van der Waals surface area contributed by atoms with E-state index in [1.165, 1.54) is 17.7 Å². The third kappa shape index (κ3) is 3.38. The van der Waals surface area contributed by atoms with Crippen LogP contribution in [0.1, 0.15) is 12.5 Å². The Labute approximate surface area is 166 Å². The van der Waals surface area contributed by atoms with Crippen molar-refractivity contribution in [1.82, 2.24) is 0 Å². The van der Waals surface area contributed by atoms with Crippen LogP contribution >= 0.6 is 11.6 Å². The maximum atomic E-state index is 14.7. The van der Waals surface area contributed by atoms with Crippen LogP contribution in [0.5, 0.6) is 0 Å². The standard InChI is InChI=1S/C24H16ClF3/c1-2-14-3-4-16-10-17(6-5-15(16)9-14)18-7-8-20(21(26)11-18)19-12-22(27)24(25)23(28)13-19/h3-13H,2H2,1H3. The highest BCUT2D eigenvalue weighted by molar-refractivity contribution is 6.31. The van der Waals surface area contributed by atoms with E-state index in [-0.39, 0.29) is 11.1 Å². The molecule has 0 aliphatic heterocycles. The Morgan fingerprint density at radius 1 is 0.643 bits per heavy atom. The molecule has 28 heavy (non-hydrogen) atoms. The van der Waals surface area contributed by atoms with Gasteiger partial charge in [0.25, 0.3) is 0 Å². The van der Waals surface area contributed by atoms with Crippen LogP contribution in [0.3, 0.4) is 0 Å². The van der Waals surface area contributed by atoms with Gasteiger partial charge in [-0.15, -0.1) is 0 Å². The molecule has 4 aromatic carbocycles. The van der Waals surface area contributed by atoms with Crippen LogP contribution in [0.15, 0.2) is 66.7 Å². The van der Waals surface area contributed by atoms with Gasteiger partial charge in [-0.05, 0) is 63.7 Å². The molecule has 0 saturated carbocycles. The van der Waals surface area contributed by atoms with Crippen LogP contribution in [-0.4, -0.2) is 0 Å². The molecule has 0 nitrogen and oxygen atoms in total. The van der Waals surface area contributed by atoms with E-state index in [9.17, 15) is 13.2 Å². The Morgan fingerprint density at radius 3 is 1.89 bits per heavy atom. The second kappa shape index (κ2) is 7.33. The molecule has 0 aliphatic rings. The summed E-state index contributed by atoms with van der Waals surface area (Å²) in [5.74, 6) is -2.39. The third-order valence-electron chi connectivity index (χ3n) is 4.91. The molecular formula is C24H16ClF3. The summed E-state index contributed by atoms with van der Waals surface area (Å²) < 4.78 is 42.1. The number of benzene rings is 4. The lowest BCUT2D eigenvalue weighted by Crippen LogP contribution is -1.91. The van der Waals surface area contributed by atoms with Gasteiger partial charge in [0, 0.05) is 5.56 Å². The smallest absolute Gasteiger partial charge is 0.145 e. The van der Waals surface area contributed by atoms with Crippen molar-refractivity contribution in [1.29, 1.82) is 0 Å². The van der Waals surface area contributed by atoms with Gasteiger partial charge < -0.3 is 0 Å². The fourth-order valence-corrected chi connectivity index (χ4v) is 3.44. The summed E-state index contributed by atoms with van der Waals surface area (Å²) >= 11 is 5.51. The lowest BCUT2D eigenvalue weighted by Gasteiger charge is -2.09. The van der Waals surface area contributed by atoms with E-state index in [1.54, 1.807) is 6.07 Å². The van der Waals surface area contributed by atoms with Crippen LogP contribution in [0.4, 0.5) is 13.2 Å². The first-order valence-corrected chi connectivity index (χ1v) is 9.31. The summed E-state index contributed by atoms with van der Waals surface area (Å²) in [4.78, 5) is 0. The minimum absolute atomic E-state index is 0.106. The topological polar surface area (TPSA) is 0 Å². The van der Waals surface area contributed by atoms with Crippen molar-refractivity contribution in [3.8, 4) is 22.3 Å². The first kappa shape index (κ1) is 18.6. The summed E-state index contributed by atoms with van der Waals surface area (Å²) in [5, 5.41) is 1.61. The van der Waals surface area contributed by atoms with Crippen molar-refractivity contribution in [3.63, 3.8) is 0 Å². The van der Waals surface area contributed by atoms with Crippen LogP contribution < -0.4 is 0 Å². The van der Waals surface area contributed by atoms with E-state index in [4.69, 9.17) is 11.6 Å². The van der Waals surface area contributed by atoms with Gasteiger partial charge in [0.1, 0.15) is 22.5 Å². The monoisotopic (exact) mass is 396 g/mol. The molecule has 0 fully saturated rings. The molecule has 0 unspecified atom stereocenters. The SMILES string of the molecule is CCc1ccc2cc(-c3ccc(-c4cc(F)c(Cl)c(F)c4)c(F)c3)ccc2c1. The van der Waals surface area contributed by atoms with E-state index >= 15 is 0 Å². The summed E-state index contributed by atoms with van der Waals surface area (Å²) in [6.07, 6.45) is 0.969. The zero-order valence-electron chi connectivity index (χ0n) is 15.1. The molecule has 4 rings (SSSR count). The average Bonchev–Trinajstić information content (AvgIpc) is 2.70. The summed E-state index contributed by atoms with van der Waals surface area (Å²) in [7, 11) is 0. The Kier molecular flexibility index (Phi) is 4.86. The minimum atomic E-state index is -0.916.